The van der Waals surface area contributed by atoms with E-state index in [1.165, 1.54) is 7.11 Å². The molecule has 16 heavy (non-hydrogen) atoms. The van der Waals surface area contributed by atoms with Crippen molar-refractivity contribution in [3.63, 3.8) is 0 Å². The number of nitrogens with one attached hydrogen (secondary N) is 2. The van der Waals surface area contributed by atoms with Gasteiger partial charge in [0.15, 0.2) is 5.54 Å². The van der Waals surface area contributed by atoms with E-state index in [0.717, 1.165) is 0 Å². The van der Waals surface area contributed by atoms with Gasteiger partial charge in [0, 0.05) is 26.7 Å². The quantitative estimate of drug-likeness (QED) is 0.538. The van der Waals surface area contributed by atoms with Crippen LogP contribution in [0.3, 0.4) is 0 Å². The van der Waals surface area contributed by atoms with Gasteiger partial charge < -0.3 is 25.2 Å². The minimum atomic E-state index is -1.29. The van der Waals surface area contributed by atoms with Crippen molar-refractivity contribution in [3.05, 3.63) is 0 Å². The number of carbonyl (C=O) groups excluding carboxylic acids is 1. The highest BCUT2D eigenvalue weighted by atomic mass is 16.5. The van der Waals surface area contributed by atoms with Crippen molar-refractivity contribution in [2.75, 3.05) is 33.5 Å². The molecule has 0 aromatic carbocycles. The molecule has 3 N–H and O–H groups in total. The van der Waals surface area contributed by atoms with Crippen LogP contribution in [0.25, 0.3) is 0 Å². The smallest absolute Gasteiger partial charge is 0.332 e. The van der Waals surface area contributed by atoms with Crippen LogP contribution in [0, 0.1) is 0 Å². The van der Waals surface area contributed by atoms with Crippen molar-refractivity contribution >= 4 is 12.0 Å². The van der Waals surface area contributed by atoms with E-state index in [-0.39, 0.29) is 13.0 Å². The number of hydrogen-bond acceptors (Lipinski definition) is 4. The van der Waals surface area contributed by atoms with Gasteiger partial charge in [0.2, 0.25) is 0 Å². The van der Waals surface area contributed by atoms with Crippen molar-refractivity contribution in [2.24, 2.45) is 0 Å². The number of ether oxygens (including phenoxy) is 2. The summed E-state index contributed by atoms with van der Waals surface area (Å²) in [7, 11) is 1.52. The molecule has 1 unspecified atom stereocenters. The van der Waals surface area contributed by atoms with Gasteiger partial charge in [-0.05, 0) is 0 Å². The summed E-state index contributed by atoms with van der Waals surface area (Å²) >= 11 is 0. The number of carbonyl (C=O) groups is 2. The molecule has 1 rings (SSSR count). The van der Waals surface area contributed by atoms with Gasteiger partial charge in [-0.1, -0.05) is 0 Å². The topological polar surface area (TPSA) is 96.9 Å². The number of amides is 2. The lowest BCUT2D eigenvalue weighted by molar-refractivity contribution is -0.144. The molecular formula is C9H16N2O5. The Labute approximate surface area is 93.1 Å². The largest absolute Gasteiger partial charge is 0.479 e. The Balaban J connectivity index is 2.43. The van der Waals surface area contributed by atoms with E-state index in [9.17, 15) is 9.59 Å². The van der Waals surface area contributed by atoms with Crippen LogP contribution in [0.5, 0.6) is 0 Å². The molecule has 1 fully saturated rings. The standard InChI is InChI=1S/C9H16N2O5/c1-15-5-3-10-8(14)11-9(7(12)13)2-4-16-6-9/h2-6H2,1H3,(H,12,13)(H2,10,11,14). The molecule has 92 valence electrons. The second kappa shape index (κ2) is 5.66. The van der Waals surface area contributed by atoms with Gasteiger partial charge in [0.25, 0.3) is 0 Å². The molecule has 7 heteroatoms. The highest BCUT2D eigenvalue weighted by molar-refractivity contribution is 5.86. The molecule has 1 aliphatic heterocycles. The van der Waals surface area contributed by atoms with E-state index in [2.05, 4.69) is 10.6 Å². The normalized spacial score (nSPS) is 24.1. The lowest BCUT2D eigenvalue weighted by Crippen LogP contribution is -2.58. The summed E-state index contributed by atoms with van der Waals surface area (Å²) in [4.78, 5) is 22.4. The summed E-state index contributed by atoms with van der Waals surface area (Å²) < 4.78 is 9.75. The molecule has 0 radical (unpaired) electrons. The SMILES string of the molecule is COCCNC(=O)NC1(C(=O)O)CCOC1. The highest BCUT2D eigenvalue weighted by Crippen LogP contribution is 2.18. The predicted molar refractivity (Wildman–Crippen MR) is 54.2 cm³/mol. The van der Waals surface area contributed by atoms with E-state index in [0.29, 0.717) is 19.8 Å². The van der Waals surface area contributed by atoms with E-state index in [4.69, 9.17) is 14.6 Å². The van der Waals surface area contributed by atoms with Crippen molar-refractivity contribution < 1.29 is 24.2 Å². The van der Waals surface area contributed by atoms with E-state index in [1.54, 1.807) is 0 Å². The molecule has 0 saturated carbocycles. The van der Waals surface area contributed by atoms with Crippen LogP contribution in [0.2, 0.25) is 0 Å². The Morgan fingerprint density at radius 1 is 1.56 bits per heavy atom. The summed E-state index contributed by atoms with van der Waals surface area (Å²) in [5.74, 6) is -1.08. The summed E-state index contributed by atoms with van der Waals surface area (Å²) in [6, 6.07) is -0.523. The lowest BCUT2D eigenvalue weighted by Gasteiger charge is -2.23. The van der Waals surface area contributed by atoms with Crippen molar-refractivity contribution in [3.8, 4) is 0 Å². The molecule has 0 bridgehead atoms. The molecule has 0 aromatic rings. The maximum Gasteiger partial charge on any atom is 0.332 e. The van der Waals surface area contributed by atoms with Gasteiger partial charge in [-0.25, -0.2) is 9.59 Å². The van der Waals surface area contributed by atoms with Gasteiger partial charge in [0.1, 0.15) is 0 Å². The van der Waals surface area contributed by atoms with Crippen LogP contribution in [0.1, 0.15) is 6.42 Å². The molecule has 0 aromatic heterocycles. The minimum absolute atomic E-state index is 0.0000309. The van der Waals surface area contributed by atoms with E-state index in [1.807, 2.05) is 0 Å². The Kier molecular flexibility index (Phi) is 4.51. The number of carboxylic acid groups (broad SMARTS) is 1. The average molecular weight is 232 g/mol. The minimum Gasteiger partial charge on any atom is -0.479 e. The molecular weight excluding hydrogens is 216 g/mol. The maximum atomic E-state index is 11.4. The van der Waals surface area contributed by atoms with Gasteiger partial charge in [-0.3, -0.25) is 0 Å². The molecule has 1 saturated heterocycles. The monoisotopic (exact) mass is 232 g/mol. The predicted octanol–water partition coefficient (Wildman–Crippen LogP) is -0.824. The van der Waals surface area contributed by atoms with Crippen LogP contribution < -0.4 is 10.6 Å². The molecule has 1 atom stereocenters. The number of carboxylic acids is 1. The first-order chi connectivity index (χ1) is 7.60. The zero-order valence-corrected chi connectivity index (χ0v) is 9.12. The second-order valence-electron chi connectivity index (χ2n) is 3.56. The number of aliphatic carboxylic acids is 1. The van der Waals surface area contributed by atoms with Gasteiger partial charge in [-0.2, -0.15) is 0 Å². The zero-order valence-electron chi connectivity index (χ0n) is 9.12. The van der Waals surface area contributed by atoms with Crippen molar-refractivity contribution in [2.45, 2.75) is 12.0 Å². The molecule has 0 aliphatic carbocycles. The Bertz CT molecular complexity index is 263. The summed E-state index contributed by atoms with van der Waals surface area (Å²) in [6.07, 6.45) is 0.278. The van der Waals surface area contributed by atoms with Gasteiger partial charge in [0.05, 0.1) is 13.2 Å². The fraction of sp³-hybridized carbons (Fsp3) is 0.778. The summed E-state index contributed by atoms with van der Waals surface area (Å²) in [5.41, 5.74) is -1.29. The molecule has 2 amide bonds. The Morgan fingerprint density at radius 3 is 2.81 bits per heavy atom. The number of urea groups is 1. The first-order valence-corrected chi connectivity index (χ1v) is 4.97. The fourth-order valence-electron chi connectivity index (χ4n) is 1.41. The number of methoxy groups -OCH3 is 1. The Hall–Kier alpha value is -1.34. The molecule has 1 heterocycles. The first-order valence-electron chi connectivity index (χ1n) is 4.97. The van der Waals surface area contributed by atoms with E-state index < -0.39 is 17.5 Å². The number of rotatable bonds is 5. The third kappa shape index (κ3) is 3.07. The molecule has 1 aliphatic rings. The molecule has 7 nitrogen and oxygen atoms in total. The summed E-state index contributed by atoms with van der Waals surface area (Å²) in [5, 5.41) is 14.0. The highest BCUT2D eigenvalue weighted by Gasteiger charge is 2.43. The van der Waals surface area contributed by atoms with Crippen LogP contribution in [-0.4, -0.2) is 56.1 Å². The van der Waals surface area contributed by atoms with Crippen LogP contribution >= 0.6 is 0 Å². The third-order valence-corrected chi connectivity index (χ3v) is 2.38. The lowest BCUT2D eigenvalue weighted by atomic mass is 9.99. The van der Waals surface area contributed by atoms with E-state index >= 15 is 0 Å². The number of hydrogen-bond donors (Lipinski definition) is 3. The third-order valence-electron chi connectivity index (χ3n) is 2.38. The van der Waals surface area contributed by atoms with Gasteiger partial charge >= 0.3 is 12.0 Å². The van der Waals surface area contributed by atoms with Gasteiger partial charge in [-0.15, -0.1) is 0 Å². The van der Waals surface area contributed by atoms with Crippen molar-refractivity contribution in [1.29, 1.82) is 0 Å². The maximum absolute atomic E-state index is 11.4. The molecule has 0 spiro atoms. The summed E-state index contributed by atoms with van der Waals surface area (Å²) in [6.45, 7) is 1.05. The second-order valence-corrected chi connectivity index (χ2v) is 3.56. The van der Waals surface area contributed by atoms with Crippen LogP contribution in [-0.2, 0) is 14.3 Å². The van der Waals surface area contributed by atoms with Crippen LogP contribution in [0.15, 0.2) is 0 Å². The Morgan fingerprint density at radius 2 is 2.31 bits per heavy atom. The average Bonchev–Trinajstić information content (AvgIpc) is 2.68. The fourth-order valence-corrected chi connectivity index (χ4v) is 1.41. The zero-order chi connectivity index (χ0) is 12.0. The van der Waals surface area contributed by atoms with Crippen LogP contribution in [0.4, 0.5) is 4.79 Å². The first kappa shape index (κ1) is 12.7. The van der Waals surface area contributed by atoms with Crippen molar-refractivity contribution in [1.82, 2.24) is 10.6 Å².